The number of hydrogen-bond acceptors (Lipinski definition) is 1. The average molecular weight is 408 g/mol. The quantitative estimate of drug-likeness (QED) is 0.698. The van der Waals surface area contributed by atoms with Gasteiger partial charge in [0.15, 0.2) is 0 Å². The Kier molecular flexibility index (Phi) is 4.13. The molecule has 0 heterocycles. The summed E-state index contributed by atoms with van der Waals surface area (Å²) in [4.78, 5) is 14.1. The molecule has 1 saturated carbocycles. The third kappa shape index (κ3) is 3.22. The molecule has 0 bridgehead atoms. The van der Waals surface area contributed by atoms with Gasteiger partial charge in [0, 0.05) is 21.6 Å². The first kappa shape index (κ1) is 13.3. The Morgan fingerprint density at radius 3 is 2.82 bits per heavy atom. The number of benzene rings is 1. The lowest BCUT2D eigenvalue weighted by molar-refractivity contribution is 0.0786. The topological polar surface area (TPSA) is 20.3 Å². The minimum Gasteiger partial charge on any atom is -0.341 e. The van der Waals surface area contributed by atoms with Crippen molar-refractivity contribution < 1.29 is 4.79 Å². The highest BCUT2D eigenvalue weighted by Gasteiger charge is 2.34. The maximum absolute atomic E-state index is 12.3. The summed E-state index contributed by atoms with van der Waals surface area (Å²) in [5.74, 6) is 1.61. The van der Waals surface area contributed by atoms with Crippen molar-refractivity contribution in [1.82, 2.24) is 4.90 Å². The van der Waals surface area contributed by atoms with Gasteiger partial charge in [-0.2, -0.15) is 0 Å². The van der Waals surface area contributed by atoms with Gasteiger partial charge in [0.05, 0.1) is 5.56 Å². The van der Waals surface area contributed by atoms with Gasteiger partial charge in [-0.25, -0.2) is 0 Å². The Bertz CT molecular complexity index is 449. The summed E-state index contributed by atoms with van der Waals surface area (Å²) < 4.78 is 1.96. The van der Waals surface area contributed by atoms with Crippen LogP contribution in [0.5, 0.6) is 0 Å². The molecule has 1 aromatic carbocycles. The van der Waals surface area contributed by atoms with E-state index in [2.05, 4.69) is 45.4 Å². The van der Waals surface area contributed by atoms with Gasteiger partial charge >= 0.3 is 0 Å². The van der Waals surface area contributed by atoms with E-state index in [1.807, 2.05) is 30.1 Å². The number of carbonyl (C=O) groups is 1. The van der Waals surface area contributed by atoms with Gasteiger partial charge in [-0.05, 0) is 59.0 Å². The van der Waals surface area contributed by atoms with Gasteiger partial charge in [-0.3, -0.25) is 4.79 Å². The molecule has 0 N–H and O–H groups in total. The molecule has 4 heteroatoms. The Balaban J connectivity index is 2.10. The molecule has 0 aliphatic heterocycles. The van der Waals surface area contributed by atoms with E-state index in [0.29, 0.717) is 5.92 Å². The summed E-state index contributed by atoms with van der Waals surface area (Å²) in [7, 11) is 1.89. The lowest BCUT2D eigenvalue weighted by atomic mass is 10.2. The summed E-state index contributed by atoms with van der Waals surface area (Å²) >= 11 is 5.62. The normalized spacial score (nSPS) is 22.4. The molecular formula is C13H15BrINO. The van der Waals surface area contributed by atoms with Crippen LogP contribution in [0, 0.1) is 15.4 Å². The van der Waals surface area contributed by atoms with Crippen LogP contribution in [-0.4, -0.2) is 24.4 Å². The van der Waals surface area contributed by atoms with Crippen molar-refractivity contribution in [3.8, 4) is 0 Å². The molecule has 2 atom stereocenters. The van der Waals surface area contributed by atoms with E-state index in [1.165, 1.54) is 6.42 Å². The lowest BCUT2D eigenvalue weighted by Crippen LogP contribution is -2.29. The van der Waals surface area contributed by atoms with Crippen molar-refractivity contribution in [1.29, 1.82) is 0 Å². The van der Waals surface area contributed by atoms with E-state index >= 15 is 0 Å². The van der Waals surface area contributed by atoms with Crippen LogP contribution in [-0.2, 0) is 0 Å². The predicted molar refractivity (Wildman–Crippen MR) is 81.1 cm³/mol. The first-order valence-corrected chi connectivity index (χ1v) is 7.56. The highest BCUT2D eigenvalue weighted by Crippen LogP contribution is 2.38. The highest BCUT2D eigenvalue weighted by molar-refractivity contribution is 14.1. The fraction of sp³-hybridized carbons (Fsp3) is 0.462. The molecule has 1 aliphatic rings. The van der Waals surface area contributed by atoms with Crippen molar-refractivity contribution >= 4 is 44.4 Å². The van der Waals surface area contributed by atoms with Crippen molar-refractivity contribution in [3.05, 3.63) is 31.8 Å². The molecule has 17 heavy (non-hydrogen) atoms. The number of halogens is 2. The van der Waals surface area contributed by atoms with Gasteiger partial charge in [0.1, 0.15) is 0 Å². The minimum atomic E-state index is 0.120. The summed E-state index contributed by atoms with van der Waals surface area (Å²) in [6.07, 6.45) is 1.26. The van der Waals surface area contributed by atoms with Crippen LogP contribution < -0.4 is 0 Å². The molecule has 2 unspecified atom stereocenters. The number of amides is 1. The average Bonchev–Trinajstić information content (AvgIpc) is 2.96. The minimum absolute atomic E-state index is 0.120. The van der Waals surface area contributed by atoms with Crippen molar-refractivity contribution in [2.75, 3.05) is 13.6 Å². The summed E-state index contributed by atoms with van der Waals surface area (Å²) in [6.45, 7) is 3.12. The Morgan fingerprint density at radius 2 is 2.24 bits per heavy atom. The zero-order valence-corrected chi connectivity index (χ0v) is 13.7. The smallest absolute Gasteiger partial charge is 0.254 e. The number of nitrogens with zero attached hydrogens (tertiary/aromatic N) is 1. The second-order valence-corrected chi connectivity index (χ2v) is 6.86. The monoisotopic (exact) mass is 407 g/mol. The number of hydrogen-bond donors (Lipinski definition) is 0. The SMILES string of the molecule is CC1CC1CN(C)C(=O)c1cc(Br)ccc1I. The van der Waals surface area contributed by atoms with Gasteiger partial charge in [0.2, 0.25) is 0 Å². The maximum Gasteiger partial charge on any atom is 0.254 e. The fourth-order valence-corrected chi connectivity index (χ4v) is 2.88. The number of rotatable bonds is 3. The first-order valence-electron chi connectivity index (χ1n) is 5.69. The third-order valence-corrected chi connectivity index (χ3v) is 4.72. The van der Waals surface area contributed by atoms with Crippen LogP contribution >= 0.6 is 38.5 Å². The zero-order chi connectivity index (χ0) is 12.6. The van der Waals surface area contributed by atoms with E-state index in [9.17, 15) is 4.79 Å². The Morgan fingerprint density at radius 1 is 1.59 bits per heavy atom. The summed E-state index contributed by atoms with van der Waals surface area (Å²) in [5, 5.41) is 0. The molecular weight excluding hydrogens is 393 g/mol. The second-order valence-electron chi connectivity index (χ2n) is 4.78. The number of carbonyl (C=O) groups excluding carboxylic acids is 1. The molecule has 0 radical (unpaired) electrons. The fourth-order valence-electron chi connectivity index (χ4n) is 1.96. The van der Waals surface area contributed by atoms with Crippen LogP contribution in [0.15, 0.2) is 22.7 Å². The molecule has 0 aromatic heterocycles. The van der Waals surface area contributed by atoms with Crippen molar-refractivity contribution in [3.63, 3.8) is 0 Å². The molecule has 1 fully saturated rings. The molecule has 1 aliphatic carbocycles. The molecule has 92 valence electrons. The second kappa shape index (κ2) is 5.26. The lowest BCUT2D eigenvalue weighted by Gasteiger charge is -2.18. The van der Waals surface area contributed by atoms with E-state index in [0.717, 1.165) is 26.1 Å². The van der Waals surface area contributed by atoms with Crippen LogP contribution in [0.3, 0.4) is 0 Å². The van der Waals surface area contributed by atoms with E-state index in [-0.39, 0.29) is 5.91 Å². The predicted octanol–water partition coefficient (Wildman–Crippen LogP) is 3.78. The summed E-state index contributed by atoms with van der Waals surface area (Å²) in [5.41, 5.74) is 0.788. The van der Waals surface area contributed by atoms with E-state index in [4.69, 9.17) is 0 Å². The van der Waals surface area contributed by atoms with Gasteiger partial charge in [0.25, 0.3) is 5.91 Å². The van der Waals surface area contributed by atoms with Crippen LogP contribution in [0.25, 0.3) is 0 Å². The first-order chi connectivity index (χ1) is 7.99. The molecule has 0 saturated heterocycles. The summed E-state index contributed by atoms with van der Waals surface area (Å²) in [6, 6.07) is 5.82. The molecule has 2 rings (SSSR count). The molecule has 0 spiro atoms. The molecule has 1 aromatic rings. The Labute approximate surface area is 124 Å². The van der Waals surface area contributed by atoms with Crippen molar-refractivity contribution in [2.45, 2.75) is 13.3 Å². The third-order valence-electron chi connectivity index (χ3n) is 3.29. The highest BCUT2D eigenvalue weighted by atomic mass is 127. The zero-order valence-electron chi connectivity index (χ0n) is 9.91. The molecule has 1 amide bonds. The maximum atomic E-state index is 12.3. The van der Waals surface area contributed by atoms with Gasteiger partial charge in [-0.15, -0.1) is 0 Å². The van der Waals surface area contributed by atoms with Crippen LogP contribution in [0.4, 0.5) is 0 Å². The van der Waals surface area contributed by atoms with Crippen LogP contribution in [0.1, 0.15) is 23.7 Å². The van der Waals surface area contributed by atoms with E-state index in [1.54, 1.807) is 0 Å². The van der Waals surface area contributed by atoms with Gasteiger partial charge < -0.3 is 4.90 Å². The van der Waals surface area contributed by atoms with Gasteiger partial charge in [-0.1, -0.05) is 22.9 Å². The largest absolute Gasteiger partial charge is 0.341 e. The molecule has 2 nitrogen and oxygen atoms in total. The van der Waals surface area contributed by atoms with E-state index < -0.39 is 0 Å². The Hall–Kier alpha value is -0.100. The van der Waals surface area contributed by atoms with Crippen LogP contribution in [0.2, 0.25) is 0 Å². The standard InChI is InChI=1S/C13H15BrINO/c1-8-5-9(8)7-16(2)13(17)11-6-10(14)3-4-12(11)15/h3-4,6,8-9H,5,7H2,1-2H3. The van der Waals surface area contributed by atoms with Crippen molar-refractivity contribution in [2.24, 2.45) is 11.8 Å².